The van der Waals surface area contributed by atoms with E-state index in [1.165, 1.54) is 109 Å². The van der Waals surface area contributed by atoms with Crippen molar-refractivity contribution in [3.8, 4) is 0 Å². The second-order valence-electron chi connectivity index (χ2n) is 19.3. The molecule has 1 aliphatic heterocycles. The first-order valence-electron chi connectivity index (χ1n) is 21.5. The van der Waals surface area contributed by atoms with Crippen LogP contribution in [-0.4, -0.2) is 44.0 Å². The van der Waals surface area contributed by atoms with E-state index in [9.17, 15) is 0 Å². The van der Waals surface area contributed by atoms with Gasteiger partial charge in [-0.1, -0.05) is 119 Å². The van der Waals surface area contributed by atoms with Crippen molar-refractivity contribution in [2.75, 3.05) is 27.2 Å². The Morgan fingerprint density at radius 3 is 1.72 bits per heavy atom. The maximum Gasteiger partial charge on any atom is 0.169 e. The molecule has 0 aromatic carbocycles. The van der Waals surface area contributed by atoms with Gasteiger partial charge in [0.2, 0.25) is 0 Å². The van der Waals surface area contributed by atoms with Crippen molar-refractivity contribution in [3.63, 3.8) is 0 Å². The monoisotopic (exact) mass is 656 g/mol. The van der Waals surface area contributed by atoms with Crippen LogP contribution >= 0.6 is 0 Å². The van der Waals surface area contributed by atoms with E-state index in [-0.39, 0.29) is 5.79 Å². The maximum absolute atomic E-state index is 6.82. The zero-order chi connectivity index (χ0) is 33.6. The van der Waals surface area contributed by atoms with E-state index in [1.807, 2.05) is 0 Å². The second kappa shape index (κ2) is 17.9. The zero-order valence-electron chi connectivity index (χ0n) is 32.8. The molecule has 4 saturated carbocycles. The van der Waals surface area contributed by atoms with Crippen molar-refractivity contribution in [2.45, 2.75) is 182 Å². The quantitative estimate of drug-likeness (QED) is 0.294. The lowest BCUT2D eigenvalue weighted by Crippen LogP contribution is -2.43. The molecule has 0 amide bonds. The van der Waals surface area contributed by atoms with Crippen LogP contribution < -0.4 is 0 Å². The molecule has 5 fully saturated rings. The summed E-state index contributed by atoms with van der Waals surface area (Å²) in [5.41, 5.74) is 0. The van der Waals surface area contributed by atoms with E-state index in [1.54, 1.807) is 0 Å². The topological polar surface area (TPSA) is 21.7 Å². The van der Waals surface area contributed by atoms with Crippen molar-refractivity contribution in [1.82, 2.24) is 4.90 Å². The molecule has 274 valence electrons. The molecule has 5 rings (SSSR count). The summed E-state index contributed by atoms with van der Waals surface area (Å²) in [6, 6.07) is 0. The van der Waals surface area contributed by atoms with Gasteiger partial charge in [0.15, 0.2) is 5.79 Å². The molecule has 1 spiro atoms. The predicted molar refractivity (Wildman–Crippen MR) is 200 cm³/mol. The summed E-state index contributed by atoms with van der Waals surface area (Å²) >= 11 is 0. The molecular formula is C44H81NO2. The van der Waals surface area contributed by atoms with Crippen LogP contribution in [0.15, 0.2) is 0 Å². The number of rotatable bonds is 5. The van der Waals surface area contributed by atoms with Gasteiger partial charge in [-0.25, -0.2) is 0 Å². The average Bonchev–Trinajstić information content (AvgIpc) is 3.41. The lowest BCUT2D eigenvalue weighted by atomic mass is 9.63. The Morgan fingerprint density at radius 2 is 1.15 bits per heavy atom. The van der Waals surface area contributed by atoms with Crippen LogP contribution in [0.5, 0.6) is 0 Å². The Bertz CT molecular complexity index is 903. The van der Waals surface area contributed by atoms with Crippen LogP contribution in [0.25, 0.3) is 0 Å². The third-order valence-corrected chi connectivity index (χ3v) is 15.5. The fraction of sp³-hybridized carbons (Fsp3) is 1.00. The van der Waals surface area contributed by atoms with Crippen LogP contribution in [0.3, 0.4) is 0 Å². The smallest absolute Gasteiger partial charge is 0.169 e. The van der Waals surface area contributed by atoms with Gasteiger partial charge >= 0.3 is 0 Å². The summed E-state index contributed by atoms with van der Waals surface area (Å²) in [6.45, 7) is 17.5. The van der Waals surface area contributed by atoms with Gasteiger partial charge in [0, 0.05) is 12.8 Å². The van der Waals surface area contributed by atoms with E-state index in [0.29, 0.717) is 6.10 Å². The normalized spacial score (nSPS) is 44.8. The molecule has 3 nitrogen and oxygen atoms in total. The SMILES string of the molecule is CC(C)C1CCC(C)C2CCC(C)C3CCC(C)C4CC5(CCC4CCCC3CCCC2CCCC1C)OCC(CCCN(C)C)O5. The first-order valence-corrected chi connectivity index (χ1v) is 21.5. The van der Waals surface area contributed by atoms with E-state index in [4.69, 9.17) is 9.47 Å². The Kier molecular flexibility index (Phi) is 14.5. The Hall–Kier alpha value is -0.120. The highest BCUT2D eigenvalue weighted by molar-refractivity contribution is 4.93. The molecule has 13 atom stereocenters. The van der Waals surface area contributed by atoms with Crippen molar-refractivity contribution < 1.29 is 9.47 Å². The minimum atomic E-state index is -0.273. The molecule has 0 N–H and O–H groups in total. The number of nitrogens with zero attached hydrogens (tertiary/aromatic N) is 1. The van der Waals surface area contributed by atoms with Gasteiger partial charge in [-0.3, -0.25) is 0 Å². The fourth-order valence-corrected chi connectivity index (χ4v) is 12.5. The Morgan fingerprint density at radius 1 is 0.617 bits per heavy atom. The highest BCUT2D eigenvalue weighted by Crippen LogP contribution is 2.51. The second-order valence-corrected chi connectivity index (χ2v) is 19.3. The third-order valence-electron chi connectivity index (χ3n) is 15.5. The first kappa shape index (κ1) is 38.1. The van der Waals surface area contributed by atoms with Crippen LogP contribution in [-0.2, 0) is 9.47 Å². The highest BCUT2D eigenvalue weighted by atomic mass is 16.7. The lowest BCUT2D eigenvalue weighted by molar-refractivity contribution is -0.209. The summed E-state index contributed by atoms with van der Waals surface area (Å²) in [5.74, 6) is 10.5. The van der Waals surface area contributed by atoms with Gasteiger partial charge in [0.05, 0.1) is 12.7 Å². The minimum Gasteiger partial charge on any atom is -0.347 e. The zero-order valence-corrected chi connectivity index (χ0v) is 32.8. The number of hydrogen-bond acceptors (Lipinski definition) is 3. The molecule has 0 radical (unpaired) electrons. The van der Waals surface area contributed by atoms with Gasteiger partial charge in [-0.05, 0) is 130 Å². The Labute approximate surface area is 293 Å². The van der Waals surface area contributed by atoms with Crippen molar-refractivity contribution in [1.29, 1.82) is 0 Å². The number of hydrogen-bond donors (Lipinski definition) is 0. The molecule has 47 heavy (non-hydrogen) atoms. The van der Waals surface area contributed by atoms with Crippen molar-refractivity contribution in [2.24, 2.45) is 71.0 Å². The molecule has 3 heteroatoms. The molecule has 1 saturated heterocycles. The standard InChI is InChI=1S/C44H81NO2/c1-31(2)40-23-20-33(4)41-24-21-34(5)42-25-22-35(6)43-29-44(46-30-39(47-44)19-12-28-45(7)8)27-26-38(43)18-11-17-37(42)16-10-15-36(41)14-9-13-32(40)3/h31-43H,9-30H2,1-8H3. The van der Waals surface area contributed by atoms with Gasteiger partial charge in [0.25, 0.3) is 0 Å². The average molecular weight is 656 g/mol. The van der Waals surface area contributed by atoms with E-state index >= 15 is 0 Å². The molecule has 0 aromatic heterocycles. The predicted octanol–water partition coefficient (Wildman–Crippen LogP) is 12.0. The first-order chi connectivity index (χ1) is 22.5. The minimum absolute atomic E-state index is 0.273. The largest absolute Gasteiger partial charge is 0.347 e. The third kappa shape index (κ3) is 10.2. The maximum atomic E-state index is 6.82. The lowest BCUT2D eigenvalue weighted by Gasteiger charge is -2.46. The highest BCUT2D eigenvalue weighted by Gasteiger charge is 2.49. The van der Waals surface area contributed by atoms with Crippen LogP contribution in [0.1, 0.15) is 170 Å². The van der Waals surface area contributed by atoms with Crippen LogP contribution in [0.2, 0.25) is 0 Å². The Balaban J connectivity index is 1.21. The van der Waals surface area contributed by atoms with E-state index in [0.717, 1.165) is 103 Å². The fourth-order valence-electron chi connectivity index (χ4n) is 12.5. The molecular weight excluding hydrogens is 574 g/mol. The summed E-state index contributed by atoms with van der Waals surface area (Å²) in [6.07, 6.45) is 28.5. The van der Waals surface area contributed by atoms with Crippen LogP contribution in [0, 0.1) is 71.0 Å². The number of ether oxygens (including phenoxy) is 2. The van der Waals surface area contributed by atoms with Gasteiger partial charge in [-0.2, -0.15) is 0 Å². The molecule has 0 aromatic rings. The molecule has 0 bridgehead atoms. The van der Waals surface area contributed by atoms with Crippen molar-refractivity contribution >= 4 is 0 Å². The van der Waals surface area contributed by atoms with Gasteiger partial charge in [-0.15, -0.1) is 0 Å². The van der Waals surface area contributed by atoms with Crippen molar-refractivity contribution in [3.05, 3.63) is 0 Å². The molecule has 4 aliphatic carbocycles. The summed E-state index contributed by atoms with van der Waals surface area (Å²) in [4.78, 5) is 2.29. The van der Waals surface area contributed by atoms with E-state index < -0.39 is 0 Å². The summed E-state index contributed by atoms with van der Waals surface area (Å²) < 4.78 is 13.4. The van der Waals surface area contributed by atoms with Crippen LogP contribution in [0.4, 0.5) is 0 Å². The summed E-state index contributed by atoms with van der Waals surface area (Å²) in [7, 11) is 4.35. The van der Waals surface area contributed by atoms with E-state index in [2.05, 4.69) is 60.5 Å². The van der Waals surface area contributed by atoms with Gasteiger partial charge < -0.3 is 14.4 Å². The number of fused-ring (bicyclic) bond motifs is 3. The summed E-state index contributed by atoms with van der Waals surface area (Å²) in [5, 5.41) is 0. The molecule has 13 unspecified atom stereocenters. The van der Waals surface area contributed by atoms with Gasteiger partial charge in [0.1, 0.15) is 0 Å². The molecule has 5 aliphatic rings. The molecule has 1 heterocycles.